The molecule has 0 fully saturated rings. The SMILES string of the molecule is CC.CC.CC.O=C1COCc2cncn2Cc2cccc(c2)Oc2cccc(c2)N1c1ccccc1. The molecule has 37 heavy (non-hydrogen) atoms. The van der Waals surface area contributed by atoms with Gasteiger partial charge in [0.2, 0.25) is 0 Å². The van der Waals surface area contributed by atoms with E-state index >= 15 is 0 Å². The number of fused-ring (bicyclic) bond motifs is 5. The number of ether oxygens (including phenoxy) is 2. The number of hydrogen-bond donors (Lipinski definition) is 0. The lowest BCUT2D eigenvalue weighted by Crippen LogP contribution is -2.29. The molecule has 0 atom stereocenters. The molecule has 1 aromatic heterocycles. The Hall–Kier alpha value is -3.90. The van der Waals surface area contributed by atoms with Crippen LogP contribution in [0.15, 0.2) is 91.4 Å². The highest BCUT2D eigenvalue weighted by molar-refractivity contribution is 6.01. The number of carbonyl (C=O) groups excluding carboxylic acids is 1. The van der Waals surface area contributed by atoms with Crippen molar-refractivity contribution in [2.75, 3.05) is 11.5 Å². The van der Waals surface area contributed by atoms with Gasteiger partial charge < -0.3 is 14.0 Å². The lowest BCUT2D eigenvalue weighted by atomic mass is 10.2. The van der Waals surface area contributed by atoms with E-state index in [0.717, 1.165) is 22.7 Å². The highest BCUT2D eigenvalue weighted by atomic mass is 16.5. The molecule has 0 saturated carbocycles. The fourth-order valence-electron chi connectivity index (χ4n) is 3.66. The van der Waals surface area contributed by atoms with Crippen molar-refractivity contribution < 1.29 is 14.3 Å². The number of amides is 1. The molecule has 4 bridgehead atoms. The second kappa shape index (κ2) is 16.0. The summed E-state index contributed by atoms with van der Waals surface area (Å²) in [6.07, 6.45) is 3.53. The fourth-order valence-corrected chi connectivity index (χ4v) is 3.66. The number of nitrogens with zero attached hydrogens (tertiary/aromatic N) is 3. The molecule has 0 spiro atoms. The van der Waals surface area contributed by atoms with Crippen LogP contribution in [0.1, 0.15) is 52.8 Å². The molecule has 5 rings (SSSR count). The van der Waals surface area contributed by atoms with E-state index in [2.05, 4.69) is 4.98 Å². The Kier molecular flexibility index (Phi) is 12.7. The molecule has 0 radical (unpaired) electrons. The van der Waals surface area contributed by atoms with Crippen molar-refractivity contribution in [2.45, 2.75) is 54.7 Å². The third kappa shape index (κ3) is 8.05. The van der Waals surface area contributed by atoms with Crippen LogP contribution in [0, 0.1) is 0 Å². The summed E-state index contributed by atoms with van der Waals surface area (Å²) < 4.78 is 13.9. The van der Waals surface area contributed by atoms with Crippen molar-refractivity contribution in [3.05, 3.63) is 103 Å². The predicted molar refractivity (Wildman–Crippen MR) is 152 cm³/mol. The van der Waals surface area contributed by atoms with Gasteiger partial charge in [0, 0.05) is 18.3 Å². The molecule has 1 aliphatic rings. The summed E-state index contributed by atoms with van der Waals surface area (Å²) in [5.41, 5.74) is 3.48. The average Bonchev–Trinajstić information content (AvgIpc) is 3.39. The molecule has 0 N–H and O–H groups in total. The van der Waals surface area contributed by atoms with E-state index in [1.54, 1.807) is 17.4 Å². The summed E-state index contributed by atoms with van der Waals surface area (Å²) in [7, 11) is 0. The molecular weight excluding hydrogens is 462 g/mol. The van der Waals surface area contributed by atoms with Crippen LogP contribution in [0.5, 0.6) is 11.5 Å². The predicted octanol–water partition coefficient (Wildman–Crippen LogP) is 8.00. The maximum absolute atomic E-state index is 13.2. The van der Waals surface area contributed by atoms with Gasteiger partial charge in [0.25, 0.3) is 5.91 Å². The number of anilines is 2. The average molecular weight is 502 g/mol. The maximum atomic E-state index is 13.2. The van der Waals surface area contributed by atoms with E-state index in [9.17, 15) is 4.79 Å². The fraction of sp³-hybridized carbons (Fsp3) is 0.290. The zero-order valence-electron chi connectivity index (χ0n) is 22.8. The smallest absolute Gasteiger partial charge is 0.257 e. The van der Waals surface area contributed by atoms with Crippen molar-refractivity contribution in [2.24, 2.45) is 0 Å². The van der Waals surface area contributed by atoms with Gasteiger partial charge >= 0.3 is 0 Å². The highest BCUT2D eigenvalue weighted by Gasteiger charge is 2.19. The van der Waals surface area contributed by atoms with E-state index in [1.807, 2.05) is 125 Å². The number of rotatable bonds is 1. The topological polar surface area (TPSA) is 56.6 Å². The number of aromatic nitrogens is 2. The quantitative estimate of drug-likeness (QED) is 0.265. The first-order valence-electron chi connectivity index (χ1n) is 13.1. The van der Waals surface area contributed by atoms with Crippen LogP contribution in [0.4, 0.5) is 11.4 Å². The Bertz CT molecular complexity index is 1210. The first kappa shape index (κ1) is 29.3. The van der Waals surface area contributed by atoms with Gasteiger partial charge in [-0.15, -0.1) is 0 Å². The summed E-state index contributed by atoms with van der Waals surface area (Å²) in [4.78, 5) is 19.1. The van der Waals surface area contributed by atoms with E-state index in [1.165, 1.54) is 0 Å². The Labute approximate surface area is 221 Å². The van der Waals surface area contributed by atoms with Crippen LogP contribution >= 0.6 is 0 Å². The Morgan fingerprint density at radius 2 is 1.38 bits per heavy atom. The van der Waals surface area contributed by atoms with Crippen molar-refractivity contribution in [3.63, 3.8) is 0 Å². The van der Waals surface area contributed by atoms with Crippen LogP contribution in [-0.2, 0) is 22.7 Å². The lowest BCUT2D eigenvalue weighted by Gasteiger charge is -2.23. The Morgan fingerprint density at radius 3 is 2.11 bits per heavy atom. The monoisotopic (exact) mass is 501 g/mol. The van der Waals surface area contributed by atoms with E-state index in [4.69, 9.17) is 9.47 Å². The second-order valence-corrected chi connectivity index (χ2v) is 7.32. The van der Waals surface area contributed by atoms with Gasteiger partial charge in [0.05, 0.1) is 30.5 Å². The van der Waals surface area contributed by atoms with Gasteiger partial charge in [-0.2, -0.15) is 0 Å². The van der Waals surface area contributed by atoms with Crippen LogP contribution in [0.3, 0.4) is 0 Å². The largest absolute Gasteiger partial charge is 0.457 e. The van der Waals surface area contributed by atoms with Crippen LogP contribution in [0.2, 0.25) is 0 Å². The molecular formula is C31H39N3O3. The summed E-state index contributed by atoms with van der Waals surface area (Å²) in [6.45, 7) is 12.9. The molecule has 4 aromatic rings. The molecule has 6 heteroatoms. The molecule has 0 saturated heterocycles. The first-order valence-corrected chi connectivity index (χ1v) is 13.1. The minimum Gasteiger partial charge on any atom is -0.457 e. The van der Waals surface area contributed by atoms with Gasteiger partial charge in [0.15, 0.2) is 0 Å². The standard InChI is InChI=1S/C25H21N3O3.3C2H6/c29-25-17-30-16-22-14-26-18-27(22)15-19-6-4-10-23(12-19)31-24-11-5-9-21(13-24)28(25)20-7-2-1-3-8-20;3*1-2/h1-14,18H,15-17H2;3*1-2H3. The zero-order chi connectivity index (χ0) is 27.0. The summed E-state index contributed by atoms with van der Waals surface area (Å²) in [6, 6.07) is 25.0. The Morgan fingerprint density at radius 1 is 0.730 bits per heavy atom. The molecule has 0 unspecified atom stereocenters. The summed E-state index contributed by atoms with van der Waals surface area (Å²) in [5.74, 6) is 1.23. The summed E-state index contributed by atoms with van der Waals surface area (Å²) in [5, 5.41) is 0. The van der Waals surface area contributed by atoms with Crippen molar-refractivity contribution in [3.8, 4) is 11.5 Å². The number of carbonyl (C=O) groups is 1. The zero-order valence-corrected chi connectivity index (χ0v) is 22.8. The van der Waals surface area contributed by atoms with Gasteiger partial charge in [0.1, 0.15) is 18.1 Å². The van der Waals surface area contributed by atoms with Crippen LogP contribution in [0.25, 0.3) is 0 Å². The normalized spacial score (nSPS) is 12.4. The third-order valence-corrected chi connectivity index (χ3v) is 5.10. The van der Waals surface area contributed by atoms with E-state index in [-0.39, 0.29) is 12.5 Å². The molecule has 1 aliphatic heterocycles. The number of hydrogen-bond acceptors (Lipinski definition) is 4. The van der Waals surface area contributed by atoms with Gasteiger partial charge in [-0.25, -0.2) is 4.98 Å². The van der Waals surface area contributed by atoms with Gasteiger partial charge in [-0.3, -0.25) is 9.69 Å². The van der Waals surface area contributed by atoms with Crippen molar-refractivity contribution in [1.82, 2.24) is 9.55 Å². The van der Waals surface area contributed by atoms with Crippen LogP contribution in [-0.4, -0.2) is 22.1 Å². The van der Waals surface area contributed by atoms with Crippen molar-refractivity contribution >= 4 is 17.3 Å². The molecule has 196 valence electrons. The van der Waals surface area contributed by atoms with E-state index < -0.39 is 0 Å². The number of para-hydroxylation sites is 1. The minimum absolute atomic E-state index is 0.0566. The molecule has 3 aromatic carbocycles. The lowest BCUT2D eigenvalue weighted by molar-refractivity contribution is -0.122. The molecule has 6 nitrogen and oxygen atoms in total. The Balaban J connectivity index is 0.000000750. The highest BCUT2D eigenvalue weighted by Crippen LogP contribution is 2.31. The number of imidazole rings is 1. The molecule has 1 amide bonds. The third-order valence-electron chi connectivity index (χ3n) is 5.10. The van der Waals surface area contributed by atoms with Gasteiger partial charge in [-0.1, -0.05) is 77.9 Å². The molecule has 0 aliphatic carbocycles. The van der Waals surface area contributed by atoms with Gasteiger partial charge in [-0.05, 0) is 42.0 Å². The molecule has 2 heterocycles. The maximum Gasteiger partial charge on any atom is 0.257 e. The first-order chi connectivity index (χ1) is 18.3. The summed E-state index contributed by atoms with van der Waals surface area (Å²) >= 11 is 0. The minimum atomic E-state index is -0.162. The van der Waals surface area contributed by atoms with E-state index in [0.29, 0.717) is 24.6 Å². The van der Waals surface area contributed by atoms with Crippen molar-refractivity contribution in [1.29, 1.82) is 0 Å². The second-order valence-electron chi connectivity index (χ2n) is 7.32. The number of benzene rings is 3. The van der Waals surface area contributed by atoms with Crippen LogP contribution < -0.4 is 9.64 Å².